The fourth-order valence-electron chi connectivity index (χ4n) is 2.40. The molecule has 1 aliphatic rings. The van der Waals surface area contributed by atoms with Gasteiger partial charge in [0.1, 0.15) is 5.71 Å². The number of carbonyl (C=O) groups excluding carboxylic acids is 1. The van der Waals surface area contributed by atoms with Gasteiger partial charge in [0.2, 0.25) is 0 Å². The smallest absolute Gasteiger partial charge is 0.368 e. The number of aliphatic hydroxyl groups is 1. The van der Waals surface area contributed by atoms with Crippen LogP contribution in [0.2, 0.25) is 0 Å². The third kappa shape index (κ3) is 3.10. The zero-order chi connectivity index (χ0) is 17.6. The summed E-state index contributed by atoms with van der Waals surface area (Å²) < 4.78 is 39.0. The Bertz CT molecular complexity index is 662. The van der Waals surface area contributed by atoms with Crippen molar-refractivity contribution in [3.63, 3.8) is 0 Å². The van der Waals surface area contributed by atoms with E-state index in [9.17, 15) is 23.1 Å². The number of benzene rings is 1. The average molecular weight is 328 g/mol. The summed E-state index contributed by atoms with van der Waals surface area (Å²) in [6.07, 6.45) is -5.45. The number of amides is 1. The van der Waals surface area contributed by atoms with E-state index >= 15 is 0 Å². The zero-order valence-corrected chi connectivity index (χ0v) is 13.4. The van der Waals surface area contributed by atoms with E-state index in [0.29, 0.717) is 5.01 Å². The molecule has 0 bridgehead atoms. The van der Waals surface area contributed by atoms with Crippen molar-refractivity contribution in [2.75, 3.05) is 0 Å². The molecule has 0 aromatic heterocycles. The molecule has 0 radical (unpaired) electrons. The summed E-state index contributed by atoms with van der Waals surface area (Å²) in [4.78, 5) is 12.6. The van der Waals surface area contributed by atoms with Crippen molar-refractivity contribution in [1.82, 2.24) is 5.01 Å². The predicted molar refractivity (Wildman–Crippen MR) is 79.9 cm³/mol. The summed E-state index contributed by atoms with van der Waals surface area (Å²) in [5.74, 6) is -0.759. The van der Waals surface area contributed by atoms with Crippen LogP contribution in [0.25, 0.3) is 0 Å². The molecule has 4 nitrogen and oxygen atoms in total. The van der Waals surface area contributed by atoms with E-state index in [1.54, 1.807) is 45.9 Å². The maximum Gasteiger partial charge on any atom is 0.431 e. The average Bonchev–Trinajstić information content (AvgIpc) is 2.77. The van der Waals surface area contributed by atoms with Gasteiger partial charge in [-0.1, -0.05) is 38.5 Å². The van der Waals surface area contributed by atoms with E-state index in [1.807, 2.05) is 0 Å². The monoisotopic (exact) mass is 328 g/mol. The summed E-state index contributed by atoms with van der Waals surface area (Å²) in [6, 6.07) is 6.43. The largest absolute Gasteiger partial charge is 0.431 e. The summed E-state index contributed by atoms with van der Waals surface area (Å²) in [7, 11) is 0. The van der Waals surface area contributed by atoms with E-state index < -0.39 is 35.4 Å². The molecule has 1 aliphatic heterocycles. The van der Waals surface area contributed by atoms with Crippen LogP contribution in [0.4, 0.5) is 13.2 Å². The van der Waals surface area contributed by atoms with Gasteiger partial charge in [0, 0.05) is 17.4 Å². The molecule has 0 spiro atoms. The number of carbonyl (C=O) groups is 1. The molecule has 7 heteroatoms. The molecule has 2 rings (SSSR count). The van der Waals surface area contributed by atoms with Crippen molar-refractivity contribution in [3.05, 3.63) is 35.4 Å². The number of halogens is 3. The van der Waals surface area contributed by atoms with Crippen molar-refractivity contribution < 1.29 is 23.1 Å². The van der Waals surface area contributed by atoms with E-state index in [-0.39, 0.29) is 5.56 Å². The Morgan fingerprint density at radius 2 is 1.91 bits per heavy atom. The predicted octanol–water partition coefficient (Wildman–Crippen LogP) is 3.49. The molecule has 1 N–H and O–H groups in total. The van der Waals surface area contributed by atoms with Gasteiger partial charge in [-0.2, -0.15) is 23.3 Å². The Morgan fingerprint density at radius 3 is 2.39 bits per heavy atom. The second kappa shape index (κ2) is 5.33. The Morgan fingerprint density at radius 1 is 1.30 bits per heavy atom. The molecule has 0 unspecified atom stereocenters. The van der Waals surface area contributed by atoms with Crippen LogP contribution in [0.3, 0.4) is 0 Å². The highest BCUT2D eigenvalue weighted by atomic mass is 19.4. The molecule has 1 atom stereocenters. The molecule has 0 fully saturated rings. The van der Waals surface area contributed by atoms with Crippen LogP contribution in [-0.4, -0.2) is 33.6 Å². The maximum absolute atomic E-state index is 13.0. The molecule has 1 amide bonds. The molecule has 0 saturated carbocycles. The van der Waals surface area contributed by atoms with Gasteiger partial charge < -0.3 is 5.11 Å². The lowest BCUT2D eigenvalue weighted by Gasteiger charge is -2.41. The number of hydrazone groups is 1. The minimum absolute atomic E-state index is 0.180. The fourth-order valence-corrected chi connectivity index (χ4v) is 2.40. The molecule has 0 saturated heterocycles. The first kappa shape index (κ1) is 17.5. The van der Waals surface area contributed by atoms with Gasteiger partial charge in [0.15, 0.2) is 5.72 Å². The van der Waals surface area contributed by atoms with Crippen LogP contribution in [0.5, 0.6) is 0 Å². The Labute approximate surface area is 132 Å². The summed E-state index contributed by atoms with van der Waals surface area (Å²) in [6.45, 7) is 6.47. The molecular weight excluding hydrogens is 309 g/mol. The van der Waals surface area contributed by atoms with Gasteiger partial charge >= 0.3 is 6.18 Å². The van der Waals surface area contributed by atoms with E-state index in [2.05, 4.69) is 5.10 Å². The summed E-state index contributed by atoms with van der Waals surface area (Å²) in [5.41, 5.74) is -3.24. The second-order valence-electron chi connectivity index (χ2n) is 6.77. The number of rotatable bonds is 1. The van der Waals surface area contributed by atoms with Gasteiger partial charge in [-0.3, -0.25) is 4.79 Å². The third-order valence-electron chi connectivity index (χ3n) is 3.97. The summed E-state index contributed by atoms with van der Waals surface area (Å²) in [5, 5.41) is 14.8. The van der Waals surface area contributed by atoms with Crippen molar-refractivity contribution in [1.29, 1.82) is 0 Å². The van der Waals surface area contributed by atoms with E-state index in [4.69, 9.17) is 0 Å². The first-order valence-electron chi connectivity index (χ1n) is 7.14. The minimum atomic E-state index is -4.69. The third-order valence-corrected chi connectivity index (χ3v) is 3.97. The number of alkyl halides is 3. The normalized spacial score (nSPS) is 22.3. The lowest BCUT2D eigenvalue weighted by atomic mass is 9.80. The van der Waals surface area contributed by atoms with Crippen LogP contribution >= 0.6 is 0 Å². The Balaban J connectivity index is 2.50. The van der Waals surface area contributed by atoms with Crippen LogP contribution < -0.4 is 0 Å². The summed E-state index contributed by atoms with van der Waals surface area (Å²) >= 11 is 0. The highest BCUT2D eigenvalue weighted by Crippen LogP contribution is 2.44. The SMILES string of the molecule is Cc1cccc(C(=O)N2N=C(C(F)(F)F)C[C@]2(O)C(C)(C)C)c1. The Kier molecular flexibility index (Phi) is 4.05. The van der Waals surface area contributed by atoms with Gasteiger partial charge in [-0.25, -0.2) is 0 Å². The number of hydrogen-bond acceptors (Lipinski definition) is 3. The van der Waals surface area contributed by atoms with Crippen LogP contribution in [-0.2, 0) is 0 Å². The van der Waals surface area contributed by atoms with Crippen LogP contribution in [0, 0.1) is 12.3 Å². The van der Waals surface area contributed by atoms with Crippen molar-refractivity contribution in [3.8, 4) is 0 Å². The lowest BCUT2D eigenvalue weighted by Crippen LogP contribution is -2.55. The first-order chi connectivity index (χ1) is 10.4. The topological polar surface area (TPSA) is 52.9 Å². The number of aryl methyl sites for hydroxylation is 1. The Hall–Kier alpha value is -1.89. The minimum Gasteiger partial charge on any atom is -0.368 e. The first-order valence-corrected chi connectivity index (χ1v) is 7.14. The van der Waals surface area contributed by atoms with E-state index in [0.717, 1.165) is 5.56 Å². The van der Waals surface area contributed by atoms with Crippen molar-refractivity contribution in [2.45, 2.75) is 46.0 Å². The highest BCUT2D eigenvalue weighted by Gasteiger charge is 2.57. The van der Waals surface area contributed by atoms with Crippen LogP contribution in [0.15, 0.2) is 29.4 Å². The molecular formula is C16H19F3N2O2. The van der Waals surface area contributed by atoms with Gasteiger partial charge in [0.25, 0.3) is 5.91 Å². The maximum atomic E-state index is 13.0. The molecule has 0 aliphatic carbocycles. The standard InChI is InChI=1S/C16H19F3N2O2/c1-10-6-5-7-11(8-10)13(22)21-15(23,14(2,3)4)9-12(20-21)16(17,18)19/h5-8,23H,9H2,1-4H3/t15-/m0/s1. The van der Waals surface area contributed by atoms with Gasteiger partial charge in [0.05, 0.1) is 0 Å². The number of nitrogens with zero attached hydrogens (tertiary/aromatic N) is 2. The quantitative estimate of drug-likeness (QED) is 0.858. The van der Waals surface area contributed by atoms with Gasteiger partial charge in [-0.05, 0) is 19.1 Å². The number of hydrogen-bond donors (Lipinski definition) is 1. The van der Waals surface area contributed by atoms with Crippen molar-refractivity contribution >= 4 is 11.6 Å². The lowest BCUT2D eigenvalue weighted by molar-refractivity contribution is -0.144. The molecule has 1 heterocycles. The molecule has 23 heavy (non-hydrogen) atoms. The van der Waals surface area contributed by atoms with Gasteiger partial charge in [-0.15, -0.1) is 0 Å². The molecule has 1 aromatic carbocycles. The second-order valence-corrected chi connectivity index (χ2v) is 6.77. The molecule has 126 valence electrons. The fraction of sp³-hybridized carbons (Fsp3) is 0.500. The molecule has 1 aromatic rings. The van der Waals surface area contributed by atoms with E-state index in [1.165, 1.54) is 6.07 Å². The van der Waals surface area contributed by atoms with Crippen LogP contribution in [0.1, 0.15) is 43.1 Å². The highest BCUT2D eigenvalue weighted by molar-refractivity contribution is 5.99. The van der Waals surface area contributed by atoms with Crippen molar-refractivity contribution in [2.24, 2.45) is 10.5 Å². The zero-order valence-electron chi connectivity index (χ0n) is 13.4.